The van der Waals surface area contributed by atoms with Crippen molar-refractivity contribution in [3.8, 4) is 5.75 Å². The monoisotopic (exact) mass is 453 g/mol. The molecule has 2 aromatic carbocycles. The molecule has 1 N–H and O–H groups in total. The number of halogens is 1. The Morgan fingerprint density at radius 1 is 1.25 bits per heavy atom. The quantitative estimate of drug-likeness (QED) is 0.610. The van der Waals surface area contributed by atoms with Gasteiger partial charge in [-0.3, -0.25) is 9.59 Å². The number of thiazole rings is 1. The summed E-state index contributed by atoms with van der Waals surface area (Å²) in [5, 5.41) is 5.14. The Morgan fingerprint density at radius 3 is 2.75 bits per heavy atom. The van der Waals surface area contributed by atoms with E-state index in [0.717, 1.165) is 23.1 Å². The molecule has 3 aromatic rings. The molecule has 0 saturated carbocycles. The van der Waals surface area contributed by atoms with Gasteiger partial charge in [0.25, 0.3) is 5.91 Å². The van der Waals surface area contributed by atoms with Crippen LogP contribution in [0.4, 0.5) is 4.39 Å². The molecule has 6 nitrogen and oxygen atoms in total. The molecule has 0 spiro atoms. The largest absolute Gasteiger partial charge is 0.486 e. The maximum Gasteiger partial charge on any atom is 0.270 e. The van der Waals surface area contributed by atoms with E-state index in [2.05, 4.69) is 10.3 Å². The number of nitrogens with zero attached hydrogens (tertiary/aromatic N) is 2. The van der Waals surface area contributed by atoms with Gasteiger partial charge in [-0.05, 0) is 54.3 Å². The van der Waals surface area contributed by atoms with Crippen molar-refractivity contribution in [3.05, 3.63) is 81.1 Å². The molecule has 0 saturated heterocycles. The third-order valence-corrected chi connectivity index (χ3v) is 6.24. The number of aromatic nitrogens is 1. The van der Waals surface area contributed by atoms with Gasteiger partial charge in [0.15, 0.2) is 0 Å². The Labute approximate surface area is 190 Å². The summed E-state index contributed by atoms with van der Waals surface area (Å²) in [6.45, 7) is 4.80. The van der Waals surface area contributed by atoms with Gasteiger partial charge in [-0.15, -0.1) is 11.3 Å². The van der Waals surface area contributed by atoms with Gasteiger partial charge in [-0.2, -0.15) is 0 Å². The third kappa shape index (κ3) is 4.65. The highest BCUT2D eigenvalue weighted by Gasteiger charge is 2.30. The Bertz CT molecular complexity index is 1130. The second-order valence-corrected chi connectivity index (χ2v) is 8.49. The van der Waals surface area contributed by atoms with E-state index in [1.165, 1.54) is 23.5 Å². The standard InChI is InChI=1S/C24H24FN3O3S/c1-3-26-24(30)21-14-32-22(27-21)13-31-19-9-6-16-10-11-28(15(2)29)23(20(16)12-19)17-4-7-18(25)8-5-17/h4-9,12,14,23H,3,10-11,13H2,1-2H3,(H,26,30). The molecular formula is C24H24FN3O3S. The predicted octanol–water partition coefficient (Wildman–Crippen LogP) is 4.10. The second kappa shape index (κ2) is 9.48. The topological polar surface area (TPSA) is 71.5 Å². The summed E-state index contributed by atoms with van der Waals surface area (Å²) in [6, 6.07) is 11.8. The molecule has 166 valence electrons. The first-order chi connectivity index (χ1) is 15.5. The van der Waals surface area contributed by atoms with Crippen molar-refractivity contribution in [2.75, 3.05) is 13.1 Å². The zero-order chi connectivity index (χ0) is 22.7. The highest BCUT2D eigenvalue weighted by Crippen LogP contribution is 2.37. The van der Waals surface area contributed by atoms with E-state index in [1.807, 2.05) is 25.1 Å². The van der Waals surface area contributed by atoms with E-state index in [-0.39, 0.29) is 30.3 Å². The summed E-state index contributed by atoms with van der Waals surface area (Å²) >= 11 is 1.37. The first-order valence-electron chi connectivity index (χ1n) is 10.5. The van der Waals surface area contributed by atoms with E-state index in [4.69, 9.17) is 4.74 Å². The SMILES string of the molecule is CCNC(=O)c1csc(COc2ccc3c(c2)C(c2ccc(F)cc2)N(C(C)=O)CC3)n1. The minimum absolute atomic E-state index is 0.0306. The Morgan fingerprint density at radius 2 is 2.03 bits per heavy atom. The van der Waals surface area contributed by atoms with Crippen molar-refractivity contribution in [3.63, 3.8) is 0 Å². The summed E-state index contributed by atoms with van der Waals surface area (Å²) in [6.07, 6.45) is 0.745. The van der Waals surface area contributed by atoms with Crippen LogP contribution in [-0.2, 0) is 17.8 Å². The minimum atomic E-state index is -0.313. The molecule has 8 heteroatoms. The number of nitrogens with one attached hydrogen (secondary N) is 1. The van der Waals surface area contributed by atoms with Crippen molar-refractivity contribution in [2.24, 2.45) is 0 Å². The number of fused-ring (bicyclic) bond motifs is 1. The van der Waals surface area contributed by atoms with Crippen LogP contribution in [0.25, 0.3) is 0 Å². The second-order valence-electron chi connectivity index (χ2n) is 7.55. The van der Waals surface area contributed by atoms with Crippen LogP contribution in [0, 0.1) is 5.82 Å². The molecule has 0 fully saturated rings. The van der Waals surface area contributed by atoms with E-state index in [1.54, 1.807) is 29.3 Å². The number of hydrogen-bond acceptors (Lipinski definition) is 5. The summed E-state index contributed by atoms with van der Waals surface area (Å²) < 4.78 is 19.5. The number of rotatable bonds is 6. The van der Waals surface area contributed by atoms with Gasteiger partial charge in [0.1, 0.15) is 28.9 Å². The molecular weight excluding hydrogens is 429 g/mol. The van der Waals surface area contributed by atoms with Crippen LogP contribution in [0.5, 0.6) is 5.75 Å². The molecule has 4 rings (SSSR count). The average Bonchev–Trinajstić information content (AvgIpc) is 3.27. The van der Waals surface area contributed by atoms with E-state index < -0.39 is 0 Å². The Kier molecular flexibility index (Phi) is 6.50. The van der Waals surface area contributed by atoms with Gasteiger partial charge in [0, 0.05) is 25.4 Å². The van der Waals surface area contributed by atoms with Gasteiger partial charge >= 0.3 is 0 Å². The zero-order valence-corrected chi connectivity index (χ0v) is 18.7. The first kappa shape index (κ1) is 22.0. The lowest BCUT2D eigenvalue weighted by Crippen LogP contribution is -2.39. The zero-order valence-electron chi connectivity index (χ0n) is 17.9. The maximum absolute atomic E-state index is 13.5. The van der Waals surface area contributed by atoms with Gasteiger partial charge in [0.2, 0.25) is 5.91 Å². The summed E-state index contributed by atoms with van der Waals surface area (Å²) in [7, 11) is 0. The lowest BCUT2D eigenvalue weighted by atomic mass is 9.88. The maximum atomic E-state index is 13.5. The molecule has 2 amide bonds. The predicted molar refractivity (Wildman–Crippen MR) is 120 cm³/mol. The number of carbonyl (C=O) groups excluding carboxylic acids is 2. The van der Waals surface area contributed by atoms with Gasteiger partial charge < -0.3 is 15.0 Å². The van der Waals surface area contributed by atoms with Crippen LogP contribution < -0.4 is 10.1 Å². The third-order valence-electron chi connectivity index (χ3n) is 5.42. The molecule has 1 aromatic heterocycles. The van der Waals surface area contributed by atoms with Gasteiger partial charge in [0.05, 0.1) is 6.04 Å². The number of ether oxygens (including phenoxy) is 1. The summed E-state index contributed by atoms with van der Waals surface area (Å²) in [5.41, 5.74) is 3.34. The molecule has 1 aliphatic heterocycles. The van der Waals surface area contributed by atoms with Crippen LogP contribution >= 0.6 is 11.3 Å². The van der Waals surface area contributed by atoms with Crippen LogP contribution in [-0.4, -0.2) is 34.8 Å². The molecule has 0 bridgehead atoms. The first-order valence-corrected chi connectivity index (χ1v) is 11.3. The molecule has 1 atom stereocenters. The molecule has 0 radical (unpaired) electrons. The highest BCUT2D eigenvalue weighted by molar-refractivity contribution is 7.09. The van der Waals surface area contributed by atoms with Crippen molar-refractivity contribution in [1.82, 2.24) is 15.2 Å². The number of hydrogen-bond donors (Lipinski definition) is 1. The Balaban J connectivity index is 1.58. The van der Waals surface area contributed by atoms with Crippen LogP contribution in [0.1, 0.15) is 52.1 Å². The van der Waals surface area contributed by atoms with Crippen LogP contribution in [0.2, 0.25) is 0 Å². The van der Waals surface area contributed by atoms with Crippen LogP contribution in [0.3, 0.4) is 0 Å². The highest BCUT2D eigenvalue weighted by atomic mass is 32.1. The van der Waals surface area contributed by atoms with E-state index in [9.17, 15) is 14.0 Å². The summed E-state index contributed by atoms with van der Waals surface area (Å²) in [4.78, 5) is 30.4. The molecule has 32 heavy (non-hydrogen) atoms. The van der Waals surface area contributed by atoms with Gasteiger partial charge in [-0.1, -0.05) is 18.2 Å². The normalized spacial score (nSPS) is 15.2. The fraction of sp³-hybridized carbons (Fsp3) is 0.292. The minimum Gasteiger partial charge on any atom is -0.486 e. The fourth-order valence-electron chi connectivity index (χ4n) is 3.90. The number of carbonyl (C=O) groups is 2. The average molecular weight is 454 g/mol. The van der Waals surface area contributed by atoms with E-state index in [0.29, 0.717) is 29.5 Å². The smallest absolute Gasteiger partial charge is 0.270 e. The van der Waals surface area contributed by atoms with Crippen molar-refractivity contribution < 1.29 is 18.7 Å². The van der Waals surface area contributed by atoms with Crippen molar-refractivity contribution >= 4 is 23.2 Å². The van der Waals surface area contributed by atoms with E-state index >= 15 is 0 Å². The van der Waals surface area contributed by atoms with Gasteiger partial charge in [-0.25, -0.2) is 9.37 Å². The molecule has 2 heterocycles. The Hall–Kier alpha value is -3.26. The number of benzene rings is 2. The molecule has 0 aliphatic carbocycles. The fourth-order valence-corrected chi connectivity index (χ4v) is 4.59. The lowest BCUT2D eigenvalue weighted by molar-refractivity contribution is -0.130. The molecule has 1 aliphatic rings. The molecule has 1 unspecified atom stereocenters. The van der Waals surface area contributed by atoms with Crippen LogP contribution in [0.15, 0.2) is 47.8 Å². The lowest BCUT2D eigenvalue weighted by Gasteiger charge is -2.37. The number of amides is 2. The van der Waals surface area contributed by atoms with Crippen molar-refractivity contribution in [2.45, 2.75) is 32.9 Å². The summed E-state index contributed by atoms with van der Waals surface area (Å²) in [5.74, 6) is 0.106. The van der Waals surface area contributed by atoms with Crippen molar-refractivity contribution in [1.29, 1.82) is 0 Å².